The second kappa shape index (κ2) is 17.5. The van der Waals surface area contributed by atoms with Gasteiger partial charge in [0.05, 0.1) is 0 Å². The van der Waals surface area contributed by atoms with Crippen LogP contribution in [0.2, 0.25) is 0 Å². The molecule has 0 bridgehead atoms. The molecule has 0 heterocycles. The van der Waals surface area contributed by atoms with Crippen LogP contribution in [0.4, 0.5) is 0 Å². The Morgan fingerprint density at radius 3 is 0.556 bits per heavy atom. The third-order valence-corrected chi connectivity index (χ3v) is 0. The zero-order valence-corrected chi connectivity index (χ0v) is 20.6. The van der Waals surface area contributed by atoms with Gasteiger partial charge >= 0.3 is 239 Å². The maximum absolute atomic E-state index is 8.61. The first-order chi connectivity index (χ1) is 2.00. The normalized spacial score (nSPS) is 8.44. The summed E-state index contributed by atoms with van der Waals surface area (Å²) >= 11 is -5.89. The first-order valence-electron chi connectivity index (χ1n) is 0.492. The van der Waals surface area contributed by atoms with Crippen LogP contribution in [0.5, 0.6) is 0 Å². The third kappa shape index (κ3) is 51.3. The van der Waals surface area contributed by atoms with Gasteiger partial charge in [0.15, 0.2) is 0 Å². The molecular formula is AuK4O4. The van der Waals surface area contributed by atoms with Crippen molar-refractivity contribution in [2.75, 3.05) is 0 Å². The minimum absolute atomic E-state index is 0. The van der Waals surface area contributed by atoms with Gasteiger partial charge in [-0.15, -0.1) is 0 Å². The number of hydrogen-bond donors (Lipinski definition) is 0. The van der Waals surface area contributed by atoms with Crippen molar-refractivity contribution in [1.29, 1.82) is 0 Å². The van der Waals surface area contributed by atoms with Crippen LogP contribution >= 0.6 is 0 Å². The van der Waals surface area contributed by atoms with E-state index in [1.54, 1.807) is 0 Å². The van der Waals surface area contributed by atoms with Gasteiger partial charge < -0.3 is 0 Å². The van der Waals surface area contributed by atoms with Gasteiger partial charge in [0, 0.05) is 0 Å². The average Bonchev–Trinajstić information content (AvgIpc) is 0.722. The molecule has 0 spiro atoms. The fourth-order valence-electron chi connectivity index (χ4n) is 0. The van der Waals surface area contributed by atoms with Gasteiger partial charge in [-0.3, -0.25) is 0 Å². The average molecular weight is 417 g/mol. The molecule has 39 valence electrons. The molecule has 0 unspecified atom stereocenters. The molecular weight excluding hydrogens is 417 g/mol. The van der Waals surface area contributed by atoms with Crippen LogP contribution in [0.25, 0.3) is 0 Å². The van der Waals surface area contributed by atoms with Crippen molar-refractivity contribution in [3.63, 3.8) is 0 Å². The van der Waals surface area contributed by atoms with Crippen molar-refractivity contribution in [2.24, 2.45) is 0 Å². The van der Waals surface area contributed by atoms with E-state index in [2.05, 4.69) is 0 Å². The molecule has 0 aliphatic heterocycles. The first-order valence-corrected chi connectivity index (χ1v) is 4.03. The van der Waals surface area contributed by atoms with Crippen LogP contribution in [-0.2, 0) is 18.7 Å². The standard InChI is InChI=1S/Au.4K.4O/q;4*+1;4*-1. The van der Waals surface area contributed by atoms with Crippen molar-refractivity contribution in [3.05, 3.63) is 0 Å². The summed E-state index contributed by atoms with van der Waals surface area (Å²) in [5.41, 5.74) is 0. The second-order valence-electron chi connectivity index (χ2n) is 0.302. The van der Waals surface area contributed by atoms with E-state index in [-0.39, 0.29) is 206 Å². The van der Waals surface area contributed by atoms with E-state index in [1.807, 2.05) is 0 Å². The molecule has 9 heteroatoms. The van der Waals surface area contributed by atoms with E-state index in [1.165, 1.54) is 0 Å². The quantitative estimate of drug-likeness (QED) is 0.366. The Morgan fingerprint density at radius 2 is 0.556 bits per heavy atom. The van der Waals surface area contributed by atoms with E-state index in [4.69, 9.17) is 14.5 Å². The predicted octanol–water partition coefficient (Wildman–Crippen LogP) is -16.7. The van der Waals surface area contributed by atoms with Crippen LogP contribution in [0.1, 0.15) is 0 Å². The van der Waals surface area contributed by atoms with E-state index in [0.717, 1.165) is 0 Å². The van der Waals surface area contributed by atoms with Crippen molar-refractivity contribution in [2.45, 2.75) is 0 Å². The molecule has 0 N–H and O–H groups in total. The third-order valence-electron chi connectivity index (χ3n) is 0. The second-order valence-corrected chi connectivity index (χ2v) is 2.47. The monoisotopic (exact) mass is 417 g/mol. The zero-order chi connectivity index (χ0) is 4.50. The van der Waals surface area contributed by atoms with Crippen molar-refractivity contribution >= 4 is 0 Å². The van der Waals surface area contributed by atoms with Gasteiger partial charge in [0.1, 0.15) is 0 Å². The van der Waals surface area contributed by atoms with E-state index in [0.29, 0.717) is 0 Å². The molecule has 0 fully saturated rings. The fourth-order valence-corrected chi connectivity index (χ4v) is 0. The van der Waals surface area contributed by atoms with E-state index < -0.39 is 18.7 Å². The number of hydrogen-bond acceptors (Lipinski definition) is 4. The summed E-state index contributed by atoms with van der Waals surface area (Å²) < 4.78 is 34.4. The Balaban J connectivity index is -0.0000000133. The fraction of sp³-hybridized carbons (Fsp3) is 0. The summed E-state index contributed by atoms with van der Waals surface area (Å²) in [6.45, 7) is 0. The summed E-state index contributed by atoms with van der Waals surface area (Å²) in [4.78, 5) is 0. The van der Waals surface area contributed by atoms with Crippen molar-refractivity contribution in [3.8, 4) is 0 Å². The summed E-state index contributed by atoms with van der Waals surface area (Å²) in [6.07, 6.45) is 0. The number of rotatable bonds is 0. The summed E-state index contributed by atoms with van der Waals surface area (Å²) in [6, 6.07) is 0. The van der Waals surface area contributed by atoms with Gasteiger partial charge in [0.2, 0.25) is 0 Å². The van der Waals surface area contributed by atoms with Crippen LogP contribution in [0.15, 0.2) is 0 Å². The van der Waals surface area contributed by atoms with Gasteiger partial charge in [0.25, 0.3) is 0 Å². The summed E-state index contributed by atoms with van der Waals surface area (Å²) in [5.74, 6) is 0. The molecule has 0 atom stereocenters. The van der Waals surface area contributed by atoms with Crippen LogP contribution in [-0.4, -0.2) is 0 Å². The predicted molar refractivity (Wildman–Crippen MR) is 0 cm³/mol. The van der Waals surface area contributed by atoms with Gasteiger partial charge in [-0.2, -0.15) is 0 Å². The minimum atomic E-state index is -5.89. The molecule has 0 saturated carbocycles. The SMILES string of the molecule is [K+].[K+].[K+].[K+].[O-][Au]([O-])([O-])[O-]. The molecule has 0 aliphatic rings. The Morgan fingerprint density at radius 1 is 0.556 bits per heavy atom. The van der Waals surface area contributed by atoms with Gasteiger partial charge in [-0.1, -0.05) is 0 Å². The first kappa shape index (κ1) is 29.8. The van der Waals surface area contributed by atoms with Crippen molar-refractivity contribution < 1.29 is 239 Å². The zero-order valence-electron chi connectivity index (χ0n) is 5.93. The topological polar surface area (TPSA) is 92.2 Å². The van der Waals surface area contributed by atoms with Gasteiger partial charge in [-0.05, 0) is 0 Å². The van der Waals surface area contributed by atoms with Crippen molar-refractivity contribution in [1.82, 2.24) is 0 Å². The molecule has 0 amide bonds. The molecule has 4 nitrogen and oxygen atoms in total. The molecule has 0 rings (SSSR count). The molecule has 0 aliphatic carbocycles. The van der Waals surface area contributed by atoms with E-state index >= 15 is 0 Å². The molecule has 9 heavy (non-hydrogen) atoms. The Kier molecular flexibility index (Phi) is 58.0. The molecule has 0 aromatic rings. The van der Waals surface area contributed by atoms with Crippen LogP contribution in [0, 0.1) is 0 Å². The van der Waals surface area contributed by atoms with Gasteiger partial charge in [-0.25, -0.2) is 0 Å². The molecule has 0 radical (unpaired) electrons. The Labute approximate surface area is 230 Å². The molecule has 0 aromatic heterocycles. The van der Waals surface area contributed by atoms with E-state index in [9.17, 15) is 0 Å². The Bertz CT molecular complexity index is 28.0. The summed E-state index contributed by atoms with van der Waals surface area (Å²) in [7, 11) is 0. The molecule has 0 aromatic carbocycles. The molecule has 0 saturated heterocycles. The van der Waals surface area contributed by atoms with Crippen LogP contribution in [0.3, 0.4) is 0 Å². The maximum atomic E-state index is 8.61. The van der Waals surface area contributed by atoms with Crippen LogP contribution < -0.4 is 220 Å². The Hall–Kier alpha value is 7.13. The summed E-state index contributed by atoms with van der Waals surface area (Å²) in [5, 5.41) is 0.